The molecule has 1 heterocycles. The Morgan fingerprint density at radius 3 is 2.52 bits per heavy atom. The molecule has 21 heavy (non-hydrogen) atoms. The van der Waals surface area contributed by atoms with Crippen LogP contribution in [0, 0.1) is 6.92 Å². The standard InChI is InChI=1S/C13H16N2O5S/c1-8-4-2-3-5-10(8)12(13(17)18)15-7-9(6-11(15)16)21(14,19)20/h2-5,9,12H,6-7H2,1H3,(H,17,18)(H2,14,19,20). The van der Waals surface area contributed by atoms with Crippen LogP contribution < -0.4 is 5.14 Å². The lowest BCUT2D eigenvalue weighted by molar-refractivity contribution is -0.148. The van der Waals surface area contributed by atoms with Crippen LogP contribution in [0.1, 0.15) is 23.6 Å². The average molecular weight is 312 g/mol. The van der Waals surface area contributed by atoms with Gasteiger partial charge in [0.2, 0.25) is 15.9 Å². The largest absolute Gasteiger partial charge is 0.479 e. The Balaban J connectivity index is 2.39. The van der Waals surface area contributed by atoms with Gasteiger partial charge in [-0.05, 0) is 18.1 Å². The van der Waals surface area contributed by atoms with Crippen LogP contribution in [0.25, 0.3) is 0 Å². The van der Waals surface area contributed by atoms with E-state index in [1.54, 1.807) is 31.2 Å². The number of likely N-dealkylation sites (tertiary alicyclic amines) is 1. The number of nitrogens with two attached hydrogens (primary N) is 1. The third-order valence-electron chi connectivity index (χ3n) is 3.62. The Labute approximate surface area is 122 Å². The van der Waals surface area contributed by atoms with Crippen LogP contribution in [0.15, 0.2) is 24.3 Å². The van der Waals surface area contributed by atoms with Gasteiger partial charge in [-0.2, -0.15) is 0 Å². The van der Waals surface area contributed by atoms with Gasteiger partial charge in [-0.25, -0.2) is 18.4 Å². The monoisotopic (exact) mass is 312 g/mol. The summed E-state index contributed by atoms with van der Waals surface area (Å²) < 4.78 is 22.7. The van der Waals surface area contributed by atoms with Crippen molar-refractivity contribution in [2.75, 3.05) is 6.54 Å². The van der Waals surface area contributed by atoms with E-state index in [-0.39, 0.29) is 13.0 Å². The first kappa shape index (κ1) is 15.5. The minimum atomic E-state index is -3.88. The van der Waals surface area contributed by atoms with Gasteiger partial charge < -0.3 is 10.0 Å². The third kappa shape index (κ3) is 3.06. The Morgan fingerprint density at radius 2 is 2.05 bits per heavy atom. The second kappa shape index (κ2) is 5.45. The molecular formula is C13H16N2O5S. The molecule has 1 fully saturated rings. The lowest BCUT2D eigenvalue weighted by atomic mass is 10.0. The molecule has 0 aliphatic carbocycles. The minimum Gasteiger partial charge on any atom is -0.479 e. The van der Waals surface area contributed by atoms with Crippen molar-refractivity contribution in [1.29, 1.82) is 0 Å². The zero-order valence-corrected chi connectivity index (χ0v) is 12.2. The SMILES string of the molecule is Cc1ccccc1C(C(=O)O)N1CC(S(N)(=O)=O)CC1=O. The molecule has 2 atom stereocenters. The predicted molar refractivity (Wildman–Crippen MR) is 74.8 cm³/mol. The van der Waals surface area contributed by atoms with Crippen molar-refractivity contribution in [3.63, 3.8) is 0 Å². The second-order valence-electron chi connectivity index (χ2n) is 5.06. The zero-order valence-electron chi connectivity index (χ0n) is 11.4. The van der Waals surface area contributed by atoms with Gasteiger partial charge in [-0.15, -0.1) is 0 Å². The molecule has 1 aliphatic rings. The van der Waals surface area contributed by atoms with Gasteiger partial charge in [0, 0.05) is 13.0 Å². The maximum Gasteiger partial charge on any atom is 0.331 e. The Kier molecular flexibility index (Phi) is 4.02. The third-order valence-corrected chi connectivity index (χ3v) is 4.86. The summed E-state index contributed by atoms with van der Waals surface area (Å²) in [5.74, 6) is -1.72. The molecule has 1 saturated heterocycles. The number of primary sulfonamides is 1. The van der Waals surface area contributed by atoms with Gasteiger partial charge in [-0.3, -0.25) is 4.79 Å². The summed E-state index contributed by atoms with van der Waals surface area (Å²) >= 11 is 0. The minimum absolute atomic E-state index is 0.205. The number of aliphatic carboxylic acids is 1. The van der Waals surface area contributed by atoms with Crippen molar-refractivity contribution in [2.24, 2.45) is 5.14 Å². The van der Waals surface area contributed by atoms with Crippen LogP contribution in [0.5, 0.6) is 0 Å². The molecule has 0 spiro atoms. The van der Waals surface area contributed by atoms with Crippen molar-refractivity contribution in [3.05, 3.63) is 35.4 Å². The molecule has 8 heteroatoms. The van der Waals surface area contributed by atoms with Crippen molar-refractivity contribution >= 4 is 21.9 Å². The number of carboxylic acids is 1. The number of carbonyl (C=O) groups is 2. The van der Waals surface area contributed by atoms with Gasteiger partial charge in [-0.1, -0.05) is 24.3 Å². The number of amides is 1. The first-order valence-electron chi connectivity index (χ1n) is 6.31. The fourth-order valence-corrected chi connectivity index (χ4v) is 3.24. The lowest BCUT2D eigenvalue weighted by Crippen LogP contribution is -2.38. The van der Waals surface area contributed by atoms with Crippen LogP contribution in [0.2, 0.25) is 0 Å². The summed E-state index contributed by atoms with van der Waals surface area (Å²) in [6, 6.07) is 5.59. The fourth-order valence-electron chi connectivity index (χ4n) is 2.50. The number of carbonyl (C=O) groups excluding carboxylic acids is 1. The molecule has 1 amide bonds. The molecule has 1 aliphatic heterocycles. The Hall–Kier alpha value is -1.93. The number of carboxylic acid groups (broad SMARTS) is 1. The van der Waals surface area contributed by atoms with E-state index in [4.69, 9.17) is 5.14 Å². The van der Waals surface area contributed by atoms with E-state index in [0.717, 1.165) is 10.5 Å². The van der Waals surface area contributed by atoms with Crippen molar-refractivity contribution in [2.45, 2.75) is 24.6 Å². The summed E-state index contributed by atoms with van der Waals surface area (Å²) in [7, 11) is -3.88. The van der Waals surface area contributed by atoms with Crippen LogP contribution in [0.3, 0.4) is 0 Å². The molecular weight excluding hydrogens is 296 g/mol. The van der Waals surface area contributed by atoms with Gasteiger partial charge in [0.1, 0.15) is 5.25 Å². The molecule has 7 nitrogen and oxygen atoms in total. The summed E-state index contributed by atoms with van der Waals surface area (Å²) in [6.45, 7) is 1.53. The van der Waals surface area contributed by atoms with Crippen LogP contribution in [0.4, 0.5) is 0 Å². The number of hydrogen-bond donors (Lipinski definition) is 2. The van der Waals surface area contributed by atoms with E-state index in [1.807, 2.05) is 0 Å². The number of benzene rings is 1. The number of hydrogen-bond acceptors (Lipinski definition) is 4. The Morgan fingerprint density at radius 1 is 1.43 bits per heavy atom. The summed E-state index contributed by atoms with van der Waals surface area (Å²) in [5.41, 5.74) is 1.19. The molecule has 3 N–H and O–H groups in total. The molecule has 1 aromatic carbocycles. The smallest absolute Gasteiger partial charge is 0.331 e. The van der Waals surface area contributed by atoms with E-state index in [0.29, 0.717) is 5.56 Å². The first-order valence-corrected chi connectivity index (χ1v) is 7.92. The van der Waals surface area contributed by atoms with Gasteiger partial charge in [0.05, 0.1) is 0 Å². The van der Waals surface area contributed by atoms with Crippen LogP contribution in [-0.4, -0.2) is 42.1 Å². The Bertz CT molecular complexity index is 686. The number of sulfonamides is 1. The summed E-state index contributed by atoms with van der Waals surface area (Å²) in [5, 5.41) is 13.4. The van der Waals surface area contributed by atoms with Crippen molar-refractivity contribution in [1.82, 2.24) is 4.90 Å². The normalized spacial score (nSPS) is 20.6. The number of aryl methyl sites for hydroxylation is 1. The molecule has 1 aromatic rings. The maximum atomic E-state index is 12.0. The van der Waals surface area contributed by atoms with Crippen molar-refractivity contribution in [3.8, 4) is 0 Å². The molecule has 2 unspecified atom stereocenters. The van der Waals surface area contributed by atoms with E-state index in [2.05, 4.69) is 0 Å². The fraction of sp³-hybridized carbons (Fsp3) is 0.385. The topological polar surface area (TPSA) is 118 Å². The highest BCUT2D eigenvalue weighted by molar-refractivity contribution is 7.89. The van der Waals surface area contributed by atoms with E-state index >= 15 is 0 Å². The highest BCUT2D eigenvalue weighted by Gasteiger charge is 2.42. The molecule has 114 valence electrons. The quantitative estimate of drug-likeness (QED) is 0.812. The molecule has 0 saturated carbocycles. The average Bonchev–Trinajstić information content (AvgIpc) is 2.74. The van der Waals surface area contributed by atoms with Crippen LogP contribution >= 0.6 is 0 Å². The van der Waals surface area contributed by atoms with E-state index < -0.39 is 33.2 Å². The highest BCUT2D eigenvalue weighted by atomic mass is 32.2. The maximum absolute atomic E-state index is 12.0. The number of nitrogens with zero attached hydrogens (tertiary/aromatic N) is 1. The summed E-state index contributed by atoms with van der Waals surface area (Å²) in [6.07, 6.45) is -0.283. The molecule has 2 rings (SSSR count). The van der Waals surface area contributed by atoms with E-state index in [9.17, 15) is 23.1 Å². The van der Waals surface area contributed by atoms with Crippen molar-refractivity contribution < 1.29 is 23.1 Å². The molecule has 0 bridgehead atoms. The molecule has 0 radical (unpaired) electrons. The van der Waals surface area contributed by atoms with E-state index in [1.165, 1.54) is 0 Å². The predicted octanol–water partition coefficient (Wildman–Crippen LogP) is 0.0101. The zero-order chi connectivity index (χ0) is 15.8. The first-order chi connectivity index (χ1) is 9.71. The lowest BCUT2D eigenvalue weighted by Gasteiger charge is -2.26. The highest BCUT2D eigenvalue weighted by Crippen LogP contribution is 2.30. The summed E-state index contributed by atoms with van der Waals surface area (Å²) in [4.78, 5) is 24.6. The van der Waals surface area contributed by atoms with Gasteiger partial charge in [0.25, 0.3) is 0 Å². The van der Waals surface area contributed by atoms with Gasteiger partial charge >= 0.3 is 5.97 Å². The molecule has 0 aromatic heterocycles. The van der Waals surface area contributed by atoms with Crippen LogP contribution in [-0.2, 0) is 19.6 Å². The second-order valence-corrected chi connectivity index (χ2v) is 6.90. The van der Waals surface area contributed by atoms with Gasteiger partial charge in [0.15, 0.2) is 6.04 Å². The number of rotatable bonds is 4.